The zero-order chi connectivity index (χ0) is 13.0. The van der Waals surface area contributed by atoms with Crippen LogP contribution < -0.4 is 0 Å². The fourth-order valence-corrected chi connectivity index (χ4v) is 2.37. The van der Waals surface area contributed by atoms with E-state index >= 15 is 0 Å². The molecule has 4 heteroatoms. The summed E-state index contributed by atoms with van der Waals surface area (Å²) >= 11 is 5.64. The molecule has 0 saturated carbocycles. The average molecular weight is 271 g/mol. The van der Waals surface area contributed by atoms with Gasteiger partial charge in [-0.05, 0) is 43.9 Å². The summed E-state index contributed by atoms with van der Waals surface area (Å²) in [4.78, 5) is 11.8. The molecule has 2 rings (SSSR count). The molecule has 1 atom stereocenters. The van der Waals surface area contributed by atoms with E-state index in [1.54, 1.807) is 0 Å². The van der Waals surface area contributed by atoms with Crippen LogP contribution in [0.15, 0.2) is 18.2 Å². The maximum Gasteiger partial charge on any atom is 0.165 e. The molecule has 0 spiro atoms. The number of carbonyl (C=O) groups is 1. The summed E-state index contributed by atoms with van der Waals surface area (Å²) in [5.41, 5.74) is 0.131. The fourth-order valence-electron chi connectivity index (χ4n) is 2.21. The van der Waals surface area contributed by atoms with Crippen molar-refractivity contribution in [3.8, 4) is 0 Å². The number of rotatable bonds is 5. The van der Waals surface area contributed by atoms with Crippen LogP contribution in [0.25, 0.3) is 0 Å². The van der Waals surface area contributed by atoms with Crippen molar-refractivity contribution < 1.29 is 13.9 Å². The van der Waals surface area contributed by atoms with Gasteiger partial charge in [-0.2, -0.15) is 0 Å². The van der Waals surface area contributed by atoms with Crippen LogP contribution in [-0.4, -0.2) is 18.5 Å². The first kappa shape index (κ1) is 13.5. The summed E-state index contributed by atoms with van der Waals surface area (Å²) < 4.78 is 19.0. The van der Waals surface area contributed by atoms with Crippen LogP contribution in [0.1, 0.15) is 42.5 Å². The van der Waals surface area contributed by atoms with Crippen LogP contribution in [-0.2, 0) is 4.74 Å². The smallest absolute Gasteiger partial charge is 0.165 e. The van der Waals surface area contributed by atoms with E-state index in [0.29, 0.717) is 11.4 Å². The SMILES string of the molecule is O=C(CCCC1CCCO1)c1ccc(Cl)cc1F. The Morgan fingerprint density at radius 3 is 3.00 bits per heavy atom. The zero-order valence-corrected chi connectivity index (χ0v) is 10.9. The van der Waals surface area contributed by atoms with Crippen molar-refractivity contribution >= 4 is 17.4 Å². The molecule has 0 N–H and O–H groups in total. The van der Waals surface area contributed by atoms with Crippen LogP contribution in [0.3, 0.4) is 0 Å². The highest BCUT2D eigenvalue weighted by Gasteiger charge is 2.17. The van der Waals surface area contributed by atoms with Crippen molar-refractivity contribution in [1.29, 1.82) is 0 Å². The Kier molecular flexibility index (Phi) is 4.72. The predicted octanol–water partition coefficient (Wildman–Crippen LogP) is 4.01. The predicted molar refractivity (Wildman–Crippen MR) is 68.6 cm³/mol. The fraction of sp³-hybridized carbons (Fsp3) is 0.500. The molecule has 1 fully saturated rings. The molecule has 1 aliphatic heterocycles. The van der Waals surface area contributed by atoms with E-state index in [1.807, 2.05) is 0 Å². The average Bonchev–Trinajstić information content (AvgIpc) is 2.81. The standard InChI is InChI=1S/C14H16ClFO2/c15-10-6-7-12(13(16)9-10)14(17)5-1-3-11-4-2-8-18-11/h6-7,9,11H,1-5,8H2. The number of ketones is 1. The molecular formula is C14H16ClFO2. The molecule has 2 nitrogen and oxygen atoms in total. The van der Waals surface area contributed by atoms with E-state index in [-0.39, 0.29) is 17.5 Å². The Morgan fingerprint density at radius 2 is 2.33 bits per heavy atom. The Morgan fingerprint density at radius 1 is 1.50 bits per heavy atom. The van der Waals surface area contributed by atoms with Crippen molar-refractivity contribution in [2.75, 3.05) is 6.61 Å². The van der Waals surface area contributed by atoms with Gasteiger partial charge in [-0.25, -0.2) is 4.39 Å². The number of hydrogen-bond acceptors (Lipinski definition) is 2. The third-order valence-electron chi connectivity index (χ3n) is 3.19. The van der Waals surface area contributed by atoms with E-state index in [2.05, 4.69) is 0 Å². The lowest BCUT2D eigenvalue weighted by molar-refractivity contribution is 0.0920. The Balaban J connectivity index is 1.83. The number of Topliss-reactive ketones (excluding diaryl/α,β-unsaturated/α-hetero) is 1. The first-order valence-electron chi connectivity index (χ1n) is 6.26. The van der Waals surface area contributed by atoms with Gasteiger partial charge in [0.15, 0.2) is 5.78 Å². The lowest BCUT2D eigenvalue weighted by Crippen LogP contribution is -2.07. The summed E-state index contributed by atoms with van der Waals surface area (Å²) in [6.07, 6.45) is 4.44. The van der Waals surface area contributed by atoms with Crippen molar-refractivity contribution in [3.05, 3.63) is 34.6 Å². The minimum absolute atomic E-state index is 0.131. The molecule has 0 aliphatic carbocycles. The minimum atomic E-state index is -0.537. The number of halogens is 2. The molecule has 1 aromatic rings. The Labute approximate surface area is 111 Å². The maximum atomic E-state index is 13.5. The van der Waals surface area contributed by atoms with Gasteiger partial charge in [0.1, 0.15) is 5.82 Å². The second kappa shape index (κ2) is 6.30. The van der Waals surface area contributed by atoms with E-state index in [1.165, 1.54) is 18.2 Å². The second-order valence-corrected chi connectivity index (χ2v) is 5.01. The van der Waals surface area contributed by atoms with Gasteiger partial charge >= 0.3 is 0 Å². The summed E-state index contributed by atoms with van der Waals surface area (Å²) in [5, 5.41) is 0.309. The number of hydrogen-bond donors (Lipinski definition) is 0. The first-order valence-corrected chi connectivity index (χ1v) is 6.64. The van der Waals surface area contributed by atoms with Gasteiger partial charge in [0, 0.05) is 18.1 Å². The van der Waals surface area contributed by atoms with E-state index in [4.69, 9.17) is 16.3 Å². The quantitative estimate of drug-likeness (QED) is 0.756. The number of carbonyl (C=O) groups excluding carboxylic acids is 1. The number of benzene rings is 1. The summed E-state index contributed by atoms with van der Waals surface area (Å²) in [7, 11) is 0. The molecule has 1 aliphatic rings. The molecular weight excluding hydrogens is 255 g/mol. The minimum Gasteiger partial charge on any atom is -0.378 e. The molecule has 1 aromatic carbocycles. The normalized spacial score (nSPS) is 19.1. The summed E-state index contributed by atoms with van der Waals surface area (Å²) in [6.45, 7) is 0.824. The highest BCUT2D eigenvalue weighted by Crippen LogP contribution is 2.20. The molecule has 98 valence electrons. The number of ether oxygens (including phenoxy) is 1. The van der Waals surface area contributed by atoms with E-state index < -0.39 is 5.82 Å². The molecule has 0 radical (unpaired) electrons. The van der Waals surface area contributed by atoms with E-state index in [0.717, 1.165) is 32.3 Å². The third-order valence-corrected chi connectivity index (χ3v) is 3.42. The molecule has 18 heavy (non-hydrogen) atoms. The summed E-state index contributed by atoms with van der Waals surface area (Å²) in [5.74, 6) is -0.702. The van der Waals surface area contributed by atoms with Gasteiger partial charge in [-0.15, -0.1) is 0 Å². The van der Waals surface area contributed by atoms with Crippen LogP contribution in [0.2, 0.25) is 5.02 Å². The topological polar surface area (TPSA) is 26.3 Å². The Bertz CT molecular complexity index is 428. The molecule has 1 heterocycles. The van der Waals surface area contributed by atoms with Crippen molar-refractivity contribution in [2.24, 2.45) is 0 Å². The van der Waals surface area contributed by atoms with Gasteiger partial charge < -0.3 is 4.74 Å². The van der Waals surface area contributed by atoms with Gasteiger partial charge in [0.05, 0.1) is 11.7 Å². The van der Waals surface area contributed by atoms with Crippen molar-refractivity contribution in [3.63, 3.8) is 0 Å². The molecule has 1 unspecified atom stereocenters. The van der Waals surface area contributed by atoms with Gasteiger partial charge in [0.25, 0.3) is 0 Å². The third kappa shape index (κ3) is 3.53. The van der Waals surface area contributed by atoms with Crippen LogP contribution in [0.5, 0.6) is 0 Å². The zero-order valence-electron chi connectivity index (χ0n) is 10.1. The van der Waals surface area contributed by atoms with Crippen LogP contribution >= 0.6 is 11.6 Å². The molecule has 1 saturated heterocycles. The Hall–Kier alpha value is -0.930. The lowest BCUT2D eigenvalue weighted by Gasteiger charge is -2.08. The summed E-state index contributed by atoms with van der Waals surface area (Å²) in [6, 6.07) is 4.17. The second-order valence-electron chi connectivity index (χ2n) is 4.57. The molecule has 0 amide bonds. The van der Waals surface area contributed by atoms with Crippen molar-refractivity contribution in [1.82, 2.24) is 0 Å². The highest BCUT2D eigenvalue weighted by atomic mass is 35.5. The van der Waals surface area contributed by atoms with Gasteiger partial charge in [-0.3, -0.25) is 4.79 Å². The first-order chi connectivity index (χ1) is 8.66. The monoisotopic (exact) mass is 270 g/mol. The highest BCUT2D eigenvalue weighted by molar-refractivity contribution is 6.30. The largest absolute Gasteiger partial charge is 0.378 e. The molecule has 0 bridgehead atoms. The van der Waals surface area contributed by atoms with E-state index in [9.17, 15) is 9.18 Å². The van der Waals surface area contributed by atoms with Crippen LogP contribution in [0.4, 0.5) is 4.39 Å². The maximum absolute atomic E-state index is 13.5. The lowest BCUT2D eigenvalue weighted by atomic mass is 10.0. The van der Waals surface area contributed by atoms with Gasteiger partial charge in [0.2, 0.25) is 0 Å². The van der Waals surface area contributed by atoms with Gasteiger partial charge in [-0.1, -0.05) is 11.6 Å². The molecule has 0 aromatic heterocycles. The van der Waals surface area contributed by atoms with Crippen molar-refractivity contribution in [2.45, 2.75) is 38.2 Å². The van der Waals surface area contributed by atoms with Crippen LogP contribution in [0, 0.1) is 5.82 Å².